The van der Waals surface area contributed by atoms with Gasteiger partial charge < -0.3 is 4.74 Å². The molecule has 0 atom stereocenters. The van der Waals surface area contributed by atoms with E-state index in [-0.39, 0.29) is 28.0 Å². The number of ether oxygens (including phenoxy) is 1. The lowest BCUT2D eigenvalue weighted by Gasteiger charge is -2.14. The van der Waals surface area contributed by atoms with Gasteiger partial charge in [0.15, 0.2) is 11.6 Å². The number of halogens is 1. The summed E-state index contributed by atoms with van der Waals surface area (Å²) in [5, 5.41) is 0. The number of hydrogen-bond acceptors (Lipinski definition) is 6. The number of para-hydroxylation sites is 1. The summed E-state index contributed by atoms with van der Waals surface area (Å²) in [6, 6.07) is 18.7. The Labute approximate surface area is 209 Å². The molecule has 0 unspecified atom stereocenters. The van der Waals surface area contributed by atoms with Crippen LogP contribution in [0.25, 0.3) is 11.7 Å². The zero-order chi connectivity index (χ0) is 24.5. The van der Waals surface area contributed by atoms with E-state index in [0.29, 0.717) is 16.5 Å². The van der Waals surface area contributed by atoms with Gasteiger partial charge in [0.25, 0.3) is 11.5 Å². The molecule has 3 heterocycles. The number of aryl methyl sites for hydroxylation is 1. The lowest BCUT2D eigenvalue weighted by atomic mass is 10.1. The van der Waals surface area contributed by atoms with Crippen LogP contribution >= 0.6 is 24.0 Å². The number of amides is 1. The third-order valence-corrected chi connectivity index (χ3v) is 6.77. The van der Waals surface area contributed by atoms with E-state index in [1.807, 2.05) is 31.2 Å². The van der Waals surface area contributed by atoms with Crippen LogP contribution in [0.3, 0.4) is 0 Å². The van der Waals surface area contributed by atoms with Gasteiger partial charge in [-0.2, -0.15) is 4.98 Å². The summed E-state index contributed by atoms with van der Waals surface area (Å²) in [6.07, 6.45) is 2.98. The second-order valence-corrected chi connectivity index (χ2v) is 9.53. The molecule has 2 aromatic carbocycles. The number of thioether (sulfide) groups is 1. The maximum Gasteiger partial charge on any atom is 0.269 e. The van der Waals surface area contributed by atoms with Crippen molar-refractivity contribution in [1.29, 1.82) is 0 Å². The molecule has 1 saturated heterocycles. The minimum atomic E-state index is -0.599. The molecule has 0 saturated carbocycles. The summed E-state index contributed by atoms with van der Waals surface area (Å²) in [5.74, 6) is -1.11. The van der Waals surface area contributed by atoms with E-state index >= 15 is 0 Å². The fourth-order valence-corrected chi connectivity index (χ4v) is 4.80. The minimum Gasteiger partial charge on any atom is -0.435 e. The molecule has 0 aliphatic carbocycles. The Hall–Kier alpha value is -3.82. The third-order valence-electron chi connectivity index (χ3n) is 5.39. The molecule has 1 aliphatic rings. The van der Waals surface area contributed by atoms with E-state index in [2.05, 4.69) is 4.98 Å². The fraction of sp³-hybridized carbons (Fsp3) is 0.0769. The molecule has 5 rings (SSSR count). The maximum absolute atomic E-state index is 14.3. The number of carbonyl (C=O) groups is 1. The second-order valence-electron chi connectivity index (χ2n) is 7.85. The predicted molar refractivity (Wildman–Crippen MR) is 138 cm³/mol. The van der Waals surface area contributed by atoms with E-state index in [4.69, 9.17) is 17.0 Å². The number of nitrogens with zero attached hydrogens (tertiary/aromatic N) is 3. The Morgan fingerprint density at radius 1 is 1.06 bits per heavy atom. The molecule has 0 N–H and O–H groups in total. The van der Waals surface area contributed by atoms with Gasteiger partial charge in [-0.05, 0) is 42.8 Å². The van der Waals surface area contributed by atoms with Gasteiger partial charge >= 0.3 is 0 Å². The first-order valence-corrected chi connectivity index (χ1v) is 11.9. The highest BCUT2D eigenvalue weighted by Crippen LogP contribution is 2.35. The van der Waals surface area contributed by atoms with Crippen molar-refractivity contribution in [3.63, 3.8) is 0 Å². The van der Waals surface area contributed by atoms with E-state index in [9.17, 15) is 14.0 Å². The van der Waals surface area contributed by atoms with Gasteiger partial charge in [0.05, 0.1) is 11.4 Å². The van der Waals surface area contributed by atoms with Crippen molar-refractivity contribution in [2.45, 2.75) is 13.5 Å². The first kappa shape index (κ1) is 22.9. The Bertz CT molecular complexity index is 1560. The van der Waals surface area contributed by atoms with Crippen molar-refractivity contribution >= 4 is 45.9 Å². The van der Waals surface area contributed by atoms with Crippen LogP contribution in [0.4, 0.5) is 4.39 Å². The van der Waals surface area contributed by atoms with Gasteiger partial charge in [0, 0.05) is 6.20 Å². The minimum absolute atomic E-state index is 0.0211. The van der Waals surface area contributed by atoms with E-state index in [0.717, 1.165) is 22.9 Å². The quantitative estimate of drug-likeness (QED) is 0.271. The zero-order valence-electron chi connectivity index (χ0n) is 18.5. The van der Waals surface area contributed by atoms with Gasteiger partial charge in [-0.15, -0.1) is 0 Å². The van der Waals surface area contributed by atoms with Crippen LogP contribution in [0.5, 0.6) is 11.6 Å². The molecule has 2 aromatic heterocycles. The summed E-state index contributed by atoms with van der Waals surface area (Å²) >= 11 is 6.54. The number of thiocarbonyl (C=S) groups is 1. The summed E-state index contributed by atoms with van der Waals surface area (Å²) in [6.45, 7) is 2.30. The smallest absolute Gasteiger partial charge is 0.269 e. The number of fused-ring (bicyclic) bond motifs is 1. The van der Waals surface area contributed by atoms with Crippen molar-refractivity contribution < 1.29 is 13.9 Å². The molecule has 0 bridgehead atoms. The largest absolute Gasteiger partial charge is 0.435 e. The molecule has 0 spiro atoms. The Kier molecular flexibility index (Phi) is 6.19. The topological polar surface area (TPSA) is 63.9 Å². The van der Waals surface area contributed by atoms with Crippen molar-refractivity contribution in [2.24, 2.45) is 0 Å². The Morgan fingerprint density at radius 2 is 1.80 bits per heavy atom. The van der Waals surface area contributed by atoms with Crippen LogP contribution in [0.1, 0.15) is 16.7 Å². The average molecular weight is 504 g/mol. The summed E-state index contributed by atoms with van der Waals surface area (Å²) < 4.78 is 21.7. The summed E-state index contributed by atoms with van der Waals surface area (Å²) in [7, 11) is 0. The standard InChI is InChI=1S/C26H18FN3O3S2/c1-16-9-11-17(12-10-16)15-30-25(32)21(35-26(30)34)14-18-23(33-20-7-3-2-6-19(20)27)28-22-8-4-5-13-29(22)24(18)31/h2-14H,15H2,1H3/b21-14+. The molecule has 1 fully saturated rings. The van der Waals surface area contributed by atoms with Crippen LogP contribution in [0.15, 0.2) is 82.6 Å². The highest BCUT2D eigenvalue weighted by Gasteiger charge is 2.33. The molecule has 0 radical (unpaired) electrons. The molecule has 6 nitrogen and oxygen atoms in total. The lowest BCUT2D eigenvalue weighted by molar-refractivity contribution is -0.122. The van der Waals surface area contributed by atoms with Gasteiger partial charge in [0.2, 0.25) is 5.88 Å². The van der Waals surface area contributed by atoms with Crippen molar-refractivity contribution in [3.05, 3.63) is 111 Å². The predicted octanol–water partition coefficient (Wildman–Crippen LogP) is 5.34. The van der Waals surface area contributed by atoms with Crippen LogP contribution < -0.4 is 10.3 Å². The number of pyridine rings is 1. The highest BCUT2D eigenvalue weighted by atomic mass is 32.2. The van der Waals surface area contributed by atoms with Crippen LogP contribution in [0.2, 0.25) is 0 Å². The first-order valence-electron chi connectivity index (χ1n) is 10.7. The van der Waals surface area contributed by atoms with Gasteiger partial charge in [-0.1, -0.05) is 72.0 Å². The molecule has 174 valence electrons. The van der Waals surface area contributed by atoms with Crippen LogP contribution in [-0.4, -0.2) is 24.5 Å². The molecule has 9 heteroatoms. The summed E-state index contributed by atoms with van der Waals surface area (Å²) in [4.78, 5) is 32.7. The van der Waals surface area contributed by atoms with E-state index in [1.165, 1.54) is 33.6 Å². The van der Waals surface area contributed by atoms with Crippen molar-refractivity contribution in [3.8, 4) is 11.6 Å². The number of hydrogen-bond donors (Lipinski definition) is 0. The maximum atomic E-state index is 14.3. The normalized spacial score (nSPS) is 14.8. The molecule has 4 aromatic rings. The van der Waals surface area contributed by atoms with Gasteiger partial charge in [-0.25, -0.2) is 4.39 Å². The van der Waals surface area contributed by atoms with Gasteiger partial charge in [0.1, 0.15) is 15.5 Å². The SMILES string of the molecule is Cc1ccc(CN2C(=O)/C(=C\c3c(Oc4ccccc4F)nc4ccccn4c3=O)SC2=S)cc1. The first-order chi connectivity index (χ1) is 16.9. The van der Waals surface area contributed by atoms with E-state index < -0.39 is 11.4 Å². The molecule has 1 amide bonds. The van der Waals surface area contributed by atoms with Crippen molar-refractivity contribution in [2.75, 3.05) is 0 Å². The van der Waals surface area contributed by atoms with Crippen molar-refractivity contribution in [1.82, 2.24) is 14.3 Å². The molecular formula is C26H18FN3O3S2. The average Bonchev–Trinajstić information content (AvgIpc) is 3.11. The molecule has 1 aliphatic heterocycles. The lowest BCUT2D eigenvalue weighted by Crippen LogP contribution is -2.27. The Morgan fingerprint density at radius 3 is 2.57 bits per heavy atom. The van der Waals surface area contributed by atoms with Crippen LogP contribution in [0, 0.1) is 12.7 Å². The Balaban J connectivity index is 1.56. The number of aromatic nitrogens is 2. The molecule has 35 heavy (non-hydrogen) atoms. The zero-order valence-corrected chi connectivity index (χ0v) is 20.1. The third kappa shape index (κ3) is 4.60. The van der Waals surface area contributed by atoms with E-state index in [1.54, 1.807) is 30.5 Å². The van der Waals surface area contributed by atoms with Gasteiger partial charge in [-0.3, -0.25) is 18.9 Å². The number of carbonyl (C=O) groups excluding carboxylic acids is 1. The number of benzene rings is 2. The fourth-order valence-electron chi connectivity index (χ4n) is 3.56. The summed E-state index contributed by atoms with van der Waals surface area (Å²) in [5.41, 5.74) is 1.95. The van der Waals surface area contributed by atoms with Crippen LogP contribution in [-0.2, 0) is 11.3 Å². The number of rotatable bonds is 5. The molecular weight excluding hydrogens is 485 g/mol. The monoisotopic (exact) mass is 503 g/mol. The highest BCUT2D eigenvalue weighted by molar-refractivity contribution is 8.26. The second kappa shape index (κ2) is 9.44.